The Balaban J connectivity index is 2.85. The number of nitrogens with zero attached hydrogens (tertiary/aromatic N) is 3. The predicted molar refractivity (Wildman–Crippen MR) is 77.5 cm³/mol. The number of amides is 2. The van der Waals surface area contributed by atoms with Crippen molar-refractivity contribution in [3.63, 3.8) is 0 Å². The van der Waals surface area contributed by atoms with Crippen molar-refractivity contribution in [1.29, 1.82) is 0 Å². The minimum absolute atomic E-state index is 0.0226. The van der Waals surface area contributed by atoms with Crippen LogP contribution in [0.3, 0.4) is 0 Å². The Bertz CT molecular complexity index is 383. The molecule has 0 atom stereocenters. The van der Waals surface area contributed by atoms with Crippen molar-refractivity contribution in [2.75, 3.05) is 44.0 Å². The van der Waals surface area contributed by atoms with Gasteiger partial charge in [-0.1, -0.05) is 0 Å². The zero-order chi connectivity index (χ0) is 13.7. The maximum absolute atomic E-state index is 11.8. The molecule has 1 aromatic rings. The van der Waals surface area contributed by atoms with Gasteiger partial charge in [-0.05, 0) is 38.1 Å². The first kappa shape index (κ1) is 14.4. The molecule has 100 valence electrons. The minimum atomic E-state index is -0.0226. The van der Waals surface area contributed by atoms with Crippen molar-refractivity contribution < 1.29 is 4.79 Å². The summed E-state index contributed by atoms with van der Waals surface area (Å²) in [5.74, 6) is 0. The number of anilines is 2. The normalized spacial score (nSPS) is 10.1. The van der Waals surface area contributed by atoms with E-state index in [0.717, 1.165) is 18.8 Å². The van der Waals surface area contributed by atoms with E-state index in [0.29, 0.717) is 0 Å². The Labute approximate surface area is 110 Å². The maximum Gasteiger partial charge on any atom is 0.323 e. The number of rotatable bonds is 4. The van der Waals surface area contributed by atoms with Gasteiger partial charge in [0.2, 0.25) is 0 Å². The van der Waals surface area contributed by atoms with Crippen LogP contribution in [-0.2, 0) is 0 Å². The molecule has 4 nitrogen and oxygen atoms in total. The van der Waals surface area contributed by atoms with Crippen LogP contribution in [0.15, 0.2) is 24.3 Å². The number of hydrogen-bond acceptors (Lipinski definition) is 2. The van der Waals surface area contributed by atoms with E-state index in [1.54, 1.807) is 30.9 Å². The monoisotopic (exact) mass is 249 g/mol. The Morgan fingerprint density at radius 2 is 1.39 bits per heavy atom. The first-order valence-corrected chi connectivity index (χ1v) is 6.31. The third kappa shape index (κ3) is 3.15. The number of carbonyl (C=O) groups excluding carboxylic acids is 1. The van der Waals surface area contributed by atoms with Crippen LogP contribution in [0, 0.1) is 0 Å². The lowest BCUT2D eigenvalue weighted by Crippen LogP contribution is -2.36. The van der Waals surface area contributed by atoms with Gasteiger partial charge < -0.3 is 9.80 Å². The molecule has 0 aliphatic carbocycles. The zero-order valence-corrected chi connectivity index (χ0v) is 12.0. The van der Waals surface area contributed by atoms with Gasteiger partial charge >= 0.3 is 6.03 Å². The van der Waals surface area contributed by atoms with Crippen LogP contribution in [0.5, 0.6) is 0 Å². The van der Waals surface area contributed by atoms with E-state index in [1.807, 2.05) is 12.1 Å². The van der Waals surface area contributed by atoms with E-state index in [-0.39, 0.29) is 6.03 Å². The Kier molecular flexibility index (Phi) is 5.01. The van der Waals surface area contributed by atoms with Gasteiger partial charge in [0.15, 0.2) is 0 Å². The summed E-state index contributed by atoms with van der Waals surface area (Å²) in [6.07, 6.45) is 0. The highest BCUT2D eigenvalue weighted by molar-refractivity contribution is 5.91. The van der Waals surface area contributed by atoms with Crippen LogP contribution in [-0.4, -0.2) is 45.2 Å². The fraction of sp³-hybridized carbons (Fsp3) is 0.500. The van der Waals surface area contributed by atoms with Crippen LogP contribution in [0.1, 0.15) is 13.8 Å². The third-order valence-electron chi connectivity index (χ3n) is 3.04. The maximum atomic E-state index is 11.8. The summed E-state index contributed by atoms with van der Waals surface area (Å²) in [5, 5.41) is 0. The van der Waals surface area contributed by atoms with Crippen molar-refractivity contribution in [3.8, 4) is 0 Å². The minimum Gasteiger partial charge on any atom is -0.372 e. The smallest absolute Gasteiger partial charge is 0.323 e. The Morgan fingerprint density at radius 1 is 0.944 bits per heavy atom. The second kappa shape index (κ2) is 6.28. The highest BCUT2D eigenvalue weighted by Gasteiger charge is 2.12. The summed E-state index contributed by atoms with van der Waals surface area (Å²) < 4.78 is 0. The van der Waals surface area contributed by atoms with Crippen molar-refractivity contribution in [2.45, 2.75) is 13.8 Å². The molecule has 0 spiro atoms. The topological polar surface area (TPSA) is 26.8 Å². The summed E-state index contributed by atoms with van der Waals surface area (Å²) in [4.78, 5) is 17.3. The average molecular weight is 249 g/mol. The quantitative estimate of drug-likeness (QED) is 0.820. The molecule has 0 aliphatic rings. The van der Waals surface area contributed by atoms with E-state index < -0.39 is 0 Å². The molecular formula is C14H23N3O. The van der Waals surface area contributed by atoms with Crippen LogP contribution in [0.25, 0.3) is 0 Å². The Hall–Kier alpha value is -1.71. The largest absolute Gasteiger partial charge is 0.372 e. The van der Waals surface area contributed by atoms with Crippen molar-refractivity contribution in [1.82, 2.24) is 4.90 Å². The summed E-state index contributed by atoms with van der Waals surface area (Å²) in [6.45, 7) is 6.25. The summed E-state index contributed by atoms with van der Waals surface area (Å²) in [5.41, 5.74) is 2.10. The van der Waals surface area contributed by atoms with Crippen LogP contribution >= 0.6 is 0 Å². The molecule has 0 N–H and O–H groups in total. The molecule has 0 bridgehead atoms. The first-order valence-electron chi connectivity index (χ1n) is 6.31. The van der Waals surface area contributed by atoms with Crippen molar-refractivity contribution in [3.05, 3.63) is 24.3 Å². The fourth-order valence-electron chi connectivity index (χ4n) is 1.89. The molecule has 0 radical (unpaired) electrons. The molecular weight excluding hydrogens is 226 g/mol. The second-order valence-electron chi connectivity index (χ2n) is 4.42. The predicted octanol–water partition coefficient (Wildman–Crippen LogP) is 2.65. The lowest BCUT2D eigenvalue weighted by molar-refractivity contribution is 0.225. The average Bonchev–Trinajstić information content (AvgIpc) is 2.39. The first-order chi connectivity index (χ1) is 8.51. The van der Waals surface area contributed by atoms with Crippen molar-refractivity contribution in [2.24, 2.45) is 0 Å². The second-order valence-corrected chi connectivity index (χ2v) is 4.42. The molecule has 0 heterocycles. The Morgan fingerprint density at radius 3 is 1.78 bits per heavy atom. The van der Waals surface area contributed by atoms with Gasteiger partial charge in [-0.3, -0.25) is 4.90 Å². The van der Waals surface area contributed by atoms with Crippen LogP contribution in [0.4, 0.5) is 16.2 Å². The van der Waals surface area contributed by atoms with Crippen LogP contribution in [0.2, 0.25) is 0 Å². The van der Waals surface area contributed by atoms with E-state index in [2.05, 4.69) is 30.9 Å². The standard InChI is InChI=1S/C14H23N3O/c1-6-17(7-2)13-10-8-12(9-11-13)16(5)14(18)15(3)4/h8-11H,6-7H2,1-5H3. The van der Waals surface area contributed by atoms with E-state index in [4.69, 9.17) is 0 Å². The molecule has 0 saturated heterocycles. The lowest BCUT2D eigenvalue weighted by Gasteiger charge is -2.24. The molecule has 0 unspecified atom stereocenters. The third-order valence-corrected chi connectivity index (χ3v) is 3.04. The highest BCUT2D eigenvalue weighted by Crippen LogP contribution is 2.20. The molecule has 18 heavy (non-hydrogen) atoms. The molecule has 0 saturated carbocycles. The van der Waals surface area contributed by atoms with Gasteiger partial charge in [-0.15, -0.1) is 0 Å². The van der Waals surface area contributed by atoms with Gasteiger partial charge in [-0.25, -0.2) is 4.79 Å². The van der Waals surface area contributed by atoms with E-state index in [9.17, 15) is 4.79 Å². The van der Waals surface area contributed by atoms with Gasteiger partial charge in [0.25, 0.3) is 0 Å². The van der Waals surface area contributed by atoms with Gasteiger partial charge in [0.1, 0.15) is 0 Å². The molecule has 1 aromatic carbocycles. The summed E-state index contributed by atoms with van der Waals surface area (Å²) in [6, 6.07) is 8.05. The highest BCUT2D eigenvalue weighted by atomic mass is 16.2. The molecule has 2 amide bonds. The molecule has 0 aliphatic heterocycles. The molecule has 1 rings (SSSR count). The molecule has 0 aromatic heterocycles. The zero-order valence-electron chi connectivity index (χ0n) is 12.0. The fourth-order valence-corrected chi connectivity index (χ4v) is 1.89. The summed E-state index contributed by atoms with van der Waals surface area (Å²) in [7, 11) is 5.29. The molecule has 4 heteroatoms. The summed E-state index contributed by atoms with van der Waals surface area (Å²) >= 11 is 0. The van der Waals surface area contributed by atoms with E-state index >= 15 is 0 Å². The van der Waals surface area contributed by atoms with Gasteiger partial charge in [0.05, 0.1) is 0 Å². The SMILES string of the molecule is CCN(CC)c1ccc(N(C)C(=O)N(C)C)cc1. The van der Waals surface area contributed by atoms with Gasteiger partial charge in [-0.2, -0.15) is 0 Å². The van der Waals surface area contributed by atoms with Crippen molar-refractivity contribution >= 4 is 17.4 Å². The number of benzene rings is 1. The molecule has 0 fully saturated rings. The lowest BCUT2D eigenvalue weighted by atomic mass is 10.2. The number of hydrogen-bond donors (Lipinski definition) is 0. The van der Waals surface area contributed by atoms with E-state index in [1.165, 1.54) is 5.69 Å². The number of urea groups is 1. The number of carbonyl (C=O) groups is 1. The van der Waals surface area contributed by atoms with Gasteiger partial charge in [0, 0.05) is 45.6 Å². The van der Waals surface area contributed by atoms with Crippen LogP contribution < -0.4 is 9.80 Å².